The van der Waals surface area contributed by atoms with Crippen molar-refractivity contribution in [2.75, 3.05) is 0 Å². The van der Waals surface area contributed by atoms with Gasteiger partial charge in [-0.3, -0.25) is 0 Å². The lowest BCUT2D eigenvalue weighted by Crippen LogP contribution is -1.72. The standard InChI is InChI=1S/C10H10S/c1-2-3-6-9-7-4-5-8-10(9)11/h2-8,11H,1H2/b6-3+. The second-order valence-electron chi connectivity index (χ2n) is 2.15. The van der Waals surface area contributed by atoms with Crippen LogP contribution in [0.5, 0.6) is 0 Å². The van der Waals surface area contributed by atoms with Gasteiger partial charge in [0, 0.05) is 4.90 Å². The Morgan fingerprint density at radius 1 is 1.27 bits per heavy atom. The number of hydrogen-bond donors (Lipinski definition) is 1. The maximum Gasteiger partial charge on any atom is 0.0113 e. The van der Waals surface area contributed by atoms with Crippen molar-refractivity contribution >= 4 is 18.7 Å². The smallest absolute Gasteiger partial charge is 0.0113 e. The molecule has 0 spiro atoms. The van der Waals surface area contributed by atoms with Crippen molar-refractivity contribution in [3.05, 3.63) is 48.6 Å². The molecule has 1 aromatic carbocycles. The van der Waals surface area contributed by atoms with Crippen molar-refractivity contribution in [3.8, 4) is 0 Å². The Hall–Kier alpha value is -0.950. The van der Waals surface area contributed by atoms with Gasteiger partial charge in [-0.2, -0.15) is 0 Å². The maximum atomic E-state index is 4.29. The van der Waals surface area contributed by atoms with Gasteiger partial charge in [0.15, 0.2) is 0 Å². The summed E-state index contributed by atoms with van der Waals surface area (Å²) < 4.78 is 0. The second kappa shape index (κ2) is 4.04. The monoisotopic (exact) mass is 162 g/mol. The van der Waals surface area contributed by atoms with Crippen molar-refractivity contribution < 1.29 is 0 Å². The van der Waals surface area contributed by atoms with Crippen molar-refractivity contribution in [3.63, 3.8) is 0 Å². The summed E-state index contributed by atoms with van der Waals surface area (Å²) in [6, 6.07) is 7.93. The van der Waals surface area contributed by atoms with E-state index in [1.807, 2.05) is 36.4 Å². The topological polar surface area (TPSA) is 0 Å². The fourth-order valence-corrected chi connectivity index (χ4v) is 1.04. The molecule has 0 fully saturated rings. The zero-order valence-corrected chi connectivity index (χ0v) is 7.09. The van der Waals surface area contributed by atoms with Crippen LogP contribution in [0.2, 0.25) is 0 Å². The molecule has 0 saturated heterocycles. The van der Waals surface area contributed by atoms with E-state index < -0.39 is 0 Å². The molecule has 0 amide bonds. The third-order valence-corrected chi connectivity index (χ3v) is 1.76. The SMILES string of the molecule is C=C/C=C/c1ccccc1S. The third kappa shape index (κ3) is 2.28. The fourth-order valence-electron chi connectivity index (χ4n) is 0.800. The lowest BCUT2D eigenvalue weighted by Gasteiger charge is -1.95. The van der Waals surface area contributed by atoms with E-state index in [9.17, 15) is 0 Å². The molecule has 0 atom stereocenters. The Labute approximate surface area is 72.7 Å². The zero-order valence-electron chi connectivity index (χ0n) is 6.20. The van der Waals surface area contributed by atoms with Crippen LogP contribution in [0.3, 0.4) is 0 Å². The van der Waals surface area contributed by atoms with Crippen LogP contribution in [0.15, 0.2) is 47.9 Å². The van der Waals surface area contributed by atoms with E-state index in [0.29, 0.717) is 0 Å². The second-order valence-corrected chi connectivity index (χ2v) is 2.64. The Kier molecular flexibility index (Phi) is 2.99. The molecule has 56 valence electrons. The average molecular weight is 162 g/mol. The molecule has 0 heterocycles. The minimum absolute atomic E-state index is 0.991. The molecule has 1 aromatic rings. The Morgan fingerprint density at radius 3 is 2.64 bits per heavy atom. The largest absolute Gasteiger partial charge is 0.143 e. The number of thiol groups is 1. The first kappa shape index (κ1) is 8.15. The molecule has 0 unspecified atom stereocenters. The fraction of sp³-hybridized carbons (Fsp3) is 0. The van der Waals surface area contributed by atoms with Crippen LogP contribution in [-0.4, -0.2) is 0 Å². The van der Waals surface area contributed by atoms with Gasteiger partial charge in [-0.1, -0.05) is 43.0 Å². The maximum absolute atomic E-state index is 4.29. The van der Waals surface area contributed by atoms with Gasteiger partial charge >= 0.3 is 0 Å². The van der Waals surface area contributed by atoms with E-state index in [2.05, 4.69) is 19.2 Å². The first-order valence-electron chi connectivity index (χ1n) is 3.41. The number of rotatable bonds is 2. The van der Waals surface area contributed by atoms with Gasteiger partial charge in [0.2, 0.25) is 0 Å². The molecule has 0 aromatic heterocycles. The highest BCUT2D eigenvalue weighted by Gasteiger charge is 1.89. The van der Waals surface area contributed by atoms with Gasteiger partial charge in [-0.05, 0) is 11.6 Å². The van der Waals surface area contributed by atoms with Crippen LogP contribution in [-0.2, 0) is 0 Å². The molecule has 0 saturated carbocycles. The van der Waals surface area contributed by atoms with Crippen LogP contribution >= 0.6 is 12.6 Å². The normalized spacial score (nSPS) is 10.3. The summed E-state index contributed by atoms with van der Waals surface area (Å²) in [6.45, 7) is 3.59. The molecule has 0 aliphatic heterocycles. The molecular weight excluding hydrogens is 152 g/mol. The lowest BCUT2D eigenvalue weighted by atomic mass is 10.2. The number of allylic oxidation sites excluding steroid dienone is 2. The van der Waals surface area contributed by atoms with Gasteiger partial charge in [0.1, 0.15) is 0 Å². The van der Waals surface area contributed by atoms with Gasteiger partial charge in [0.05, 0.1) is 0 Å². The molecule has 0 bridgehead atoms. The molecule has 0 radical (unpaired) electrons. The first-order valence-corrected chi connectivity index (χ1v) is 3.86. The predicted octanol–water partition coefficient (Wildman–Crippen LogP) is 3.17. The summed E-state index contributed by atoms with van der Waals surface area (Å²) in [4.78, 5) is 0.991. The van der Waals surface area contributed by atoms with Crippen LogP contribution in [0, 0.1) is 0 Å². The summed E-state index contributed by atoms with van der Waals surface area (Å²) in [6.07, 6.45) is 5.63. The lowest BCUT2D eigenvalue weighted by molar-refractivity contribution is 1.44. The Bertz CT molecular complexity index is 274. The van der Waals surface area contributed by atoms with Crippen molar-refractivity contribution in [1.82, 2.24) is 0 Å². The predicted molar refractivity (Wildman–Crippen MR) is 52.9 cm³/mol. The highest BCUT2D eigenvalue weighted by Crippen LogP contribution is 2.13. The molecule has 1 heteroatoms. The minimum atomic E-state index is 0.991. The van der Waals surface area contributed by atoms with Gasteiger partial charge in [-0.15, -0.1) is 12.6 Å². The van der Waals surface area contributed by atoms with Crippen LogP contribution in [0.1, 0.15) is 5.56 Å². The highest BCUT2D eigenvalue weighted by atomic mass is 32.1. The summed E-state index contributed by atoms with van der Waals surface area (Å²) in [5.74, 6) is 0. The van der Waals surface area contributed by atoms with E-state index in [1.165, 1.54) is 0 Å². The highest BCUT2D eigenvalue weighted by molar-refractivity contribution is 7.80. The molecule has 0 N–H and O–H groups in total. The van der Waals surface area contributed by atoms with E-state index in [1.54, 1.807) is 6.08 Å². The third-order valence-electron chi connectivity index (χ3n) is 1.35. The van der Waals surface area contributed by atoms with Gasteiger partial charge < -0.3 is 0 Å². The Morgan fingerprint density at radius 2 is 2.00 bits per heavy atom. The van der Waals surface area contributed by atoms with Crippen molar-refractivity contribution in [2.45, 2.75) is 4.90 Å². The quantitative estimate of drug-likeness (QED) is 0.501. The first-order chi connectivity index (χ1) is 5.34. The summed E-state index contributed by atoms with van der Waals surface area (Å²) in [7, 11) is 0. The van der Waals surface area contributed by atoms with Gasteiger partial charge in [0.25, 0.3) is 0 Å². The molecular formula is C10H10S. The summed E-state index contributed by atoms with van der Waals surface area (Å²) >= 11 is 4.29. The molecule has 1 rings (SSSR count). The van der Waals surface area contributed by atoms with E-state index in [4.69, 9.17) is 0 Å². The van der Waals surface area contributed by atoms with E-state index >= 15 is 0 Å². The van der Waals surface area contributed by atoms with Crippen molar-refractivity contribution in [2.24, 2.45) is 0 Å². The van der Waals surface area contributed by atoms with E-state index in [0.717, 1.165) is 10.5 Å². The molecule has 0 aliphatic rings. The van der Waals surface area contributed by atoms with Crippen LogP contribution in [0.25, 0.3) is 6.08 Å². The minimum Gasteiger partial charge on any atom is -0.143 e. The Balaban J connectivity index is 2.94. The van der Waals surface area contributed by atoms with Crippen LogP contribution < -0.4 is 0 Å². The zero-order chi connectivity index (χ0) is 8.10. The average Bonchev–Trinajstić information content (AvgIpc) is 2.03. The number of hydrogen-bond acceptors (Lipinski definition) is 1. The van der Waals surface area contributed by atoms with Crippen LogP contribution in [0.4, 0.5) is 0 Å². The number of benzene rings is 1. The van der Waals surface area contributed by atoms with Gasteiger partial charge in [-0.25, -0.2) is 0 Å². The molecule has 0 nitrogen and oxygen atoms in total. The summed E-state index contributed by atoms with van der Waals surface area (Å²) in [5, 5.41) is 0. The summed E-state index contributed by atoms with van der Waals surface area (Å²) in [5.41, 5.74) is 1.12. The molecule has 11 heavy (non-hydrogen) atoms. The molecule has 0 aliphatic carbocycles. The van der Waals surface area contributed by atoms with E-state index in [-0.39, 0.29) is 0 Å². The van der Waals surface area contributed by atoms with Crippen molar-refractivity contribution in [1.29, 1.82) is 0 Å².